The molecule has 1 aliphatic heterocycles. The summed E-state index contributed by atoms with van der Waals surface area (Å²) in [6.45, 7) is 4.19. The second-order valence-corrected chi connectivity index (χ2v) is 7.70. The van der Waals surface area contributed by atoms with Crippen LogP contribution < -0.4 is 10.0 Å². The fraction of sp³-hybridized carbons (Fsp3) is 0.533. The number of rotatable bonds is 5. The highest BCUT2D eigenvalue weighted by atomic mass is 32.2. The topological polar surface area (TPSA) is 84.5 Å². The third-order valence-corrected chi connectivity index (χ3v) is 5.34. The molecule has 0 spiro atoms. The van der Waals surface area contributed by atoms with Gasteiger partial charge in [-0.25, -0.2) is 17.9 Å². The van der Waals surface area contributed by atoms with Crippen molar-refractivity contribution in [3.05, 3.63) is 29.8 Å². The number of ether oxygens (including phenoxy) is 1. The lowest BCUT2D eigenvalue weighted by atomic mass is 9.83. The highest BCUT2D eigenvalue weighted by Gasteiger charge is 2.28. The Morgan fingerprint density at radius 3 is 2.86 bits per heavy atom. The van der Waals surface area contributed by atoms with Crippen LogP contribution in [0.3, 0.4) is 0 Å². The average molecular weight is 326 g/mol. The molecule has 0 saturated carbocycles. The van der Waals surface area contributed by atoms with Crippen LogP contribution in [0.1, 0.15) is 30.1 Å². The Morgan fingerprint density at radius 1 is 1.45 bits per heavy atom. The molecule has 122 valence electrons. The Balaban J connectivity index is 2.11. The minimum atomic E-state index is -3.65. The van der Waals surface area contributed by atoms with Crippen molar-refractivity contribution in [2.24, 2.45) is 5.41 Å². The van der Waals surface area contributed by atoms with Crippen LogP contribution in [0.4, 0.5) is 0 Å². The van der Waals surface area contributed by atoms with E-state index in [1.165, 1.54) is 31.4 Å². The first-order valence-corrected chi connectivity index (χ1v) is 8.73. The Kier molecular flexibility index (Phi) is 5.20. The van der Waals surface area contributed by atoms with Crippen molar-refractivity contribution in [2.75, 3.05) is 26.7 Å². The second-order valence-electron chi connectivity index (χ2n) is 5.93. The highest BCUT2D eigenvalue weighted by molar-refractivity contribution is 7.89. The molecule has 0 aromatic heterocycles. The zero-order chi connectivity index (χ0) is 16.2. The summed E-state index contributed by atoms with van der Waals surface area (Å²) >= 11 is 0. The third kappa shape index (κ3) is 4.06. The van der Waals surface area contributed by atoms with E-state index in [4.69, 9.17) is 0 Å². The number of esters is 1. The molecule has 0 aliphatic carbocycles. The van der Waals surface area contributed by atoms with Gasteiger partial charge in [-0.2, -0.15) is 0 Å². The van der Waals surface area contributed by atoms with Crippen molar-refractivity contribution in [3.8, 4) is 0 Å². The predicted molar refractivity (Wildman–Crippen MR) is 83.2 cm³/mol. The van der Waals surface area contributed by atoms with E-state index in [0.717, 1.165) is 25.9 Å². The molecule has 1 aromatic rings. The lowest BCUT2D eigenvalue weighted by Crippen LogP contribution is -2.45. The Morgan fingerprint density at radius 2 is 2.23 bits per heavy atom. The van der Waals surface area contributed by atoms with Gasteiger partial charge in [0.05, 0.1) is 17.6 Å². The monoisotopic (exact) mass is 326 g/mol. The molecule has 2 N–H and O–H groups in total. The van der Waals surface area contributed by atoms with E-state index < -0.39 is 16.0 Å². The fourth-order valence-corrected chi connectivity index (χ4v) is 3.78. The number of methoxy groups -OCH3 is 1. The lowest BCUT2D eigenvalue weighted by Gasteiger charge is -2.34. The van der Waals surface area contributed by atoms with Gasteiger partial charge < -0.3 is 10.1 Å². The zero-order valence-corrected chi connectivity index (χ0v) is 13.7. The van der Waals surface area contributed by atoms with Crippen LogP contribution in [0.2, 0.25) is 0 Å². The van der Waals surface area contributed by atoms with Gasteiger partial charge in [-0.05, 0) is 43.0 Å². The van der Waals surface area contributed by atoms with Gasteiger partial charge in [-0.15, -0.1) is 0 Å². The highest BCUT2D eigenvalue weighted by Crippen LogP contribution is 2.25. The first kappa shape index (κ1) is 16.9. The molecule has 22 heavy (non-hydrogen) atoms. The molecule has 1 unspecified atom stereocenters. The number of nitrogens with one attached hydrogen (secondary N) is 2. The molecule has 1 fully saturated rings. The standard InChI is InChI=1S/C15H22N2O4S/c1-15(7-4-8-16-10-15)11-17-22(19,20)13-6-3-5-12(9-13)14(18)21-2/h3,5-6,9,16-17H,4,7-8,10-11H2,1-2H3. The molecule has 0 bridgehead atoms. The molecule has 7 heteroatoms. The molecule has 1 aromatic carbocycles. The van der Waals surface area contributed by atoms with Crippen molar-refractivity contribution >= 4 is 16.0 Å². The minimum absolute atomic E-state index is 0.0720. The van der Waals surface area contributed by atoms with Gasteiger partial charge in [0.2, 0.25) is 10.0 Å². The van der Waals surface area contributed by atoms with Crippen LogP contribution in [-0.2, 0) is 14.8 Å². The summed E-state index contributed by atoms with van der Waals surface area (Å²) < 4.78 is 32.1. The molecule has 1 heterocycles. The number of carbonyl (C=O) groups excluding carboxylic acids is 1. The second kappa shape index (κ2) is 6.76. The number of piperidine rings is 1. The summed E-state index contributed by atoms with van der Waals surface area (Å²) in [4.78, 5) is 11.6. The number of carbonyl (C=O) groups is 1. The van der Waals surface area contributed by atoms with Crippen LogP contribution in [0, 0.1) is 5.41 Å². The third-order valence-electron chi connectivity index (χ3n) is 3.94. The molecule has 0 amide bonds. The van der Waals surface area contributed by atoms with E-state index in [1.807, 2.05) is 0 Å². The van der Waals surface area contributed by atoms with Crippen molar-refractivity contribution < 1.29 is 17.9 Å². The summed E-state index contributed by atoms with van der Waals surface area (Å²) in [5.41, 5.74) is 0.126. The lowest BCUT2D eigenvalue weighted by molar-refractivity contribution is 0.0600. The van der Waals surface area contributed by atoms with E-state index in [2.05, 4.69) is 21.7 Å². The van der Waals surface area contributed by atoms with E-state index in [0.29, 0.717) is 6.54 Å². The first-order chi connectivity index (χ1) is 10.4. The van der Waals surface area contributed by atoms with Gasteiger partial charge >= 0.3 is 5.97 Å². The zero-order valence-electron chi connectivity index (χ0n) is 12.9. The molecule has 6 nitrogen and oxygen atoms in total. The van der Waals surface area contributed by atoms with Gasteiger partial charge in [-0.1, -0.05) is 13.0 Å². The summed E-state index contributed by atoms with van der Waals surface area (Å²) in [5.74, 6) is -0.555. The maximum atomic E-state index is 12.4. The summed E-state index contributed by atoms with van der Waals surface area (Å²) in [7, 11) is -2.39. The Hall–Kier alpha value is -1.44. The van der Waals surface area contributed by atoms with E-state index in [9.17, 15) is 13.2 Å². The first-order valence-electron chi connectivity index (χ1n) is 7.25. The molecule has 1 aliphatic rings. The van der Waals surface area contributed by atoms with E-state index >= 15 is 0 Å². The summed E-state index contributed by atoms with van der Waals surface area (Å²) in [6.07, 6.45) is 2.01. The van der Waals surface area contributed by atoms with E-state index in [1.54, 1.807) is 0 Å². The van der Waals surface area contributed by atoms with Gasteiger partial charge in [0.25, 0.3) is 0 Å². The van der Waals surface area contributed by atoms with Crippen molar-refractivity contribution in [1.29, 1.82) is 0 Å². The molecular formula is C15H22N2O4S. The SMILES string of the molecule is COC(=O)c1cccc(S(=O)(=O)NCC2(C)CCCNC2)c1. The molecular weight excluding hydrogens is 304 g/mol. The predicted octanol–water partition coefficient (Wildman–Crippen LogP) is 1.14. The van der Waals surface area contributed by atoms with Gasteiger partial charge in [0, 0.05) is 13.1 Å². The van der Waals surface area contributed by atoms with Crippen LogP contribution in [0.25, 0.3) is 0 Å². The molecule has 2 rings (SSSR count). The average Bonchev–Trinajstić information content (AvgIpc) is 2.53. The van der Waals surface area contributed by atoms with E-state index in [-0.39, 0.29) is 15.9 Å². The quantitative estimate of drug-likeness (QED) is 0.793. The summed E-state index contributed by atoms with van der Waals surface area (Å²) in [6, 6.07) is 5.85. The molecule has 1 atom stereocenters. The Labute approximate surface area is 131 Å². The van der Waals surface area contributed by atoms with Gasteiger partial charge in [-0.3, -0.25) is 0 Å². The van der Waals surface area contributed by atoms with Crippen LogP contribution in [0.5, 0.6) is 0 Å². The van der Waals surface area contributed by atoms with Crippen LogP contribution in [0.15, 0.2) is 29.2 Å². The smallest absolute Gasteiger partial charge is 0.337 e. The fourth-order valence-electron chi connectivity index (χ4n) is 2.53. The Bertz CT molecular complexity index is 637. The number of hydrogen-bond donors (Lipinski definition) is 2. The summed E-state index contributed by atoms with van der Waals surface area (Å²) in [5, 5.41) is 3.29. The normalized spacial score (nSPS) is 22.3. The molecule has 0 radical (unpaired) electrons. The number of sulfonamides is 1. The van der Waals surface area contributed by atoms with Crippen LogP contribution in [-0.4, -0.2) is 41.1 Å². The minimum Gasteiger partial charge on any atom is -0.465 e. The maximum absolute atomic E-state index is 12.4. The van der Waals surface area contributed by atoms with Crippen molar-refractivity contribution in [3.63, 3.8) is 0 Å². The van der Waals surface area contributed by atoms with Gasteiger partial charge in [0.15, 0.2) is 0 Å². The number of benzene rings is 1. The molecule has 1 saturated heterocycles. The van der Waals surface area contributed by atoms with Crippen LogP contribution >= 0.6 is 0 Å². The maximum Gasteiger partial charge on any atom is 0.337 e. The largest absolute Gasteiger partial charge is 0.465 e. The van der Waals surface area contributed by atoms with Crippen molar-refractivity contribution in [2.45, 2.75) is 24.7 Å². The van der Waals surface area contributed by atoms with Crippen molar-refractivity contribution in [1.82, 2.24) is 10.0 Å². The number of hydrogen-bond acceptors (Lipinski definition) is 5. The van der Waals surface area contributed by atoms with Gasteiger partial charge in [0.1, 0.15) is 0 Å².